The molecule has 0 aromatic carbocycles. The predicted octanol–water partition coefficient (Wildman–Crippen LogP) is 0.776. The van der Waals surface area contributed by atoms with Crippen molar-refractivity contribution in [3.63, 3.8) is 0 Å². The van der Waals surface area contributed by atoms with Gasteiger partial charge in [0.25, 0.3) is 0 Å². The maximum atomic E-state index is 12.0. The number of hydrogen-bond acceptors (Lipinski definition) is 7. The summed E-state index contributed by atoms with van der Waals surface area (Å²) in [6.45, 7) is 5.47. The quantitative estimate of drug-likeness (QED) is 0.734. The number of ether oxygens (including phenoxy) is 1. The van der Waals surface area contributed by atoms with E-state index in [2.05, 4.69) is 20.3 Å². The van der Waals surface area contributed by atoms with E-state index in [-0.39, 0.29) is 11.7 Å². The lowest BCUT2D eigenvalue weighted by molar-refractivity contribution is -0.141. The van der Waals surface area contributed by atoms with Gasteiger partial charge in [-0.05, 0) is 27.2 Å². The predicted molar refractivity (Wildman–Crippen MR) is 87.6 cm³/mol. The highest BCUT2D eigenvalue weighted by Crippen LogP contribution is 2.45. The Morgan fingerprint density at radius 3 is 2.80 bits per heavy atom. The Hall–Kier alpha value is -2.91. The number of amides is 1. The number of aliphatic carboxylic acids is 1. The van der Waals surface area contributed by atoms with Crippen LogP contribution in [-0.2, 0) is 16.1 Å². The Balaban J connectivity index is 1.76. The van der Waals surface area contributed by atoms with Crippen LogP contribution in [0.1, 0.15) is 27.2 Å². The third-order valence-corrected chi connectivity index (χ3v) is 4.06. The molecule has 2 aromatic heterocycles. The molecule has 0 saturated heterocycles. The van der Waals surface area contributed by atoms with Crippen molar-refractivity contribution in [2.75, 3.05) is 5.73 Å². The van der Waals surface area contributed by atoms with Crippen molar-refractivity contribution >= 4 is 29.0 Å². The molecule has 4 N–H and O–H groups in total. The van der Waals surface area contributed by atoms with E-state index in [0.717, 1.165) is 0 Å². The number of hydrogen-bond donors (Lipinski definition) is 3. The number of anilines is 1. The molecule has 0 spiro atoms. The van der Waals surface area contributed by atoms with E-state index in [4.69, 9.17) is 10.5 Å². The summed E-state index contributed by atoms with van der Waals surface area (Å²) < 4.78 is 6.87. The largest absolute Gasteiger partial charge is 0.479 e. The second-order valence-electron chi connectivity index (χ2n) is 7.13. The first-order chi connectivity index (χ1) is 11.6. The van der Waals surface area contributed by atoms with E-state index in [0.29, 0.717) is 24.1 Å². The standard InChI is InChI=1S/C15H20N6O4/c1-14(2,3)25-13(24)20-15(12(22)23)4-8(15)5-21-7-19-9-10(16)17-6-18-11(9)21/h6-8H,4-5H2,1-3H3,(H,20,24)(H,22,23)(H2,16,17,18)/t8-,15-/m0/s1. The van der Waals surface area contributed by atoms with Crippen LogP contribution in [-0.4, -0.2) is 47.8 Å². The zero-order valence-electron chi connectivity index (χ0n) is 14.2. The van der Waals surface area contributed by atoms with Crippen molar-refractivity contribution < 1.29 is 19.4 Å². The Labute approximate surface area is 143 Å². The van der Waals surface area contributed by atoms with Crippen molar-refractivity contribution in [1.82, 2.24) is 24.8 Å². The lowest BCUT2D eigenvalue weighted by atomic mass is 10.2. The van der Waals surface area contributed by atoms with Gasteiger partial charge in [-0.15, -0.1) is 0 Å². The summed E-state index contributed by atoms with van der Waals surface area (Å²) in [4.78, 5) is 35.8. The number of nitrogens with two attached hydrogens (primary N) is 1. The summed E-state index contributed by atoms with van der Waals surface area (Å²) in [7, 11) is 0. The van der Waals surface area contributed by atoms with Crippen LogP contribution in [0, 0.1) is 5.92 Å². The fraction of sp³-hybridized carbons (Fsp3) is 0.533. The molecule has 1 saturated carbocycles. The molecule has 1 aliphatic carbocycles. The molecule has 3 rings (SSSR count). The first-order valence-corrected chi connectivity index (χ1v) is 7.78. The van der Waals surface area contributed by atoms with Crippen molar-refractivity contribution in [2.45, 2.75) is 44.9 Å². The van der Waals surface area contributed by atoms with Crippen LogP contribution >= 0.6 is 0 Å². The molecule has 2 aromatic rings. The number of carbonyl (C=O) groups excluding carboxylic acids is 1. The van der Waals surface area contributed by atoms with Gasteiger partial charge in [-0.2, -0.15) is 0 Å². The molecule has 2 atom stereocenters. The van der Waals surface area contributed by atoms with Gasteiger partial charge in [0.2, 0.25) is 0 Å². The van der Waals surface area contributed by atoms with Crippen LogP contribution in [0.4, 0.5) is 10.6 Å². The lowest BCUT2D eigenvalue weighted by Crippen LogP contribution is -2.47. The number of carboxylic acids is 1. The molecule has 10 heteroatoms. The molecule has 0 aliphatic heterocycles. The van der Waals surface area contributed by atoms with Gasteiger partial charge in [0.05, 0.1) is 6.33 Å². The summed E-state index contributed by atoms with van der Waals surface area (Å²) in [6.07, 6.45) is 2.40. The van der Waals surface area contributed by atoms with Gasteiger partial charge in [0.1, 0.15) is 23.0 Å². The number of fused-ring (bicyclic) bond motifs is 1. The molecular weight excluding hydrogens is 328 g/mol. The zero-order chi connectivity index (χ0) is 18.4. The monoisotopic (exact) mass is 348 g/mol. The number of rotatable bonds is 4. The first-order valence-electron chi connectivity index (χ1n) is 7.78. The van der Waals surface area contributed by atoms with E-state index in [1.54, 1.807) is 25.3 Å². The van der Waals surface area contributed by atoms with Crippen molar-refractivity contribution in [2.24, 2.45) is 5.92 Å². The lowest BCUT2D eigenvalue weighted by Gasteiger charge is -2.22. The summed E-state index contributed by atoms with van der Waals surface area (Å²) in [5.41, 5.74) is 4.68. The highest BCUT2D eigenvalue weighted by atomic mass is 16.6. The van der Waals surface area contributed by atoms with E-state index < -0.39 is 23.2 Å². The van der Waals surface area contributed by atoms with Crippen LogP contribution < -0.4 is 11.1 Å². The molecule has 10 nitrogen and oxygen atoms in total. The summed E-state index contributed by atoms with van der Waals surface area (Å²) in [5, 5.41) is 12.1. The number of nitrogen functional groups attached to an aromatic ring is 1. The van der Waals surface area contributed by atoms with Crippen LogP contribution in [0.5, 0.6) is 0 Å². The smallest absolute Gasteiger partial charge is 0.408 e. The van der Waals surface area contributed by atoms with Crippen molar-refractivity contribution in [3.05, 3.63) is 12.7 Å². The maximum Gasteiger partial charge on any atom is 0.408 e. The van der Waals surface area contributed by atoms with Gasteiger partial charge in [-0.1, -0.05) is 0 Å². The maximum absolute atomic E-state index is 12.0. The van der Waals surface area contributed by atoms with Gasteiger partial charge in [-0.25, -0.2) is 24.5 Å². The van der Waals surface area contributed by atoms with Crippen LogP contribution in [0.25, 0.3) is 11.2 Å². The highest BCUT2D eigenvalue weighted by Gasteiger charge is 2.62. The number of nitrogens with one attached hydrogen (secondary N) is 1. The second kappa shape index (κ2) is 5.57. The number of alkyl carbamates (subject to hydrolysis) is 1. The summed E-state index contributed by atoms with van der Waals surface area (Å²) >= 11 is 0. The zero-order valence-corrected chi connectivity index (χ0v) is 14.2. The fourth-order valence-electron chi connectivity index (χ4n) is 2.77. The Bertz CT molecular complexity index is 842. The molecule has 0 bridgehead atoms. The minimum atomic E-state index is -1.35. The second-order valence-corrected chi connectivity index (χ2v) is 7.13. The normalized spacial score (nSPS) is 22.6. The van der Waals surface area contributed by atoms with Gasteiger partial charge in [0, 0.05) is 12.5 Å². The Morgan fingerprint density at radius 2 is 2.16 bits per heavy atom. The summed E-state index contributed by atoms with van der Waals surface area (Å²) in [5.74, 6) is -1.15. The number of nitrogens with zero attached hydrogens (tertiary/aromatic N) is 4. The highest BCUT2D eigenvalue weighted by molar-refractivity contribution is 5.88. The topological polar surface area (TPSA) is 145 Å². The molecule has 0 radical (unpaired) electrons. The molecular formula is C15H20N6O4. The average Bonchev–Trinajstić information content (AvgIpc) is 2.98. The number of aromatic nitrogens is 4. The minimum Gasteiger partial charge on any atom is -0.479 e. The van der Waals surface area contributed by atoms with Crippen molar-refractivity contribution in [1.29, 1.82) is 0 Å². The molecule has 0 unspecified atom stereocenters. The number of carbonyl (C=O) groups is 2. The van der Waals surface area contributed by atoms with Gasteiger partial charge >= 0.3 is 12.1 Å². The Kier molecular flexibility index (Phi) is 3.77. The van der Waals surface area contributed by atoms with Gasteiger partial charge in [0.15, 0.2) is 11.5 Å². The molecule has 1 fully saturated rings. The first kappa shape index (κ1) is 16.9. The molecule has 134 valence electrons. The van der Waals surface area contributed by atoms with Gasteiger partial charge < -0.3 is 25.5 Å². The molecule has 1 aliphatic rings. The van der Waals surface area contributed by atoms with Crippen LogP contribution in [0.3, 0.4) is 0 Å². The Morgan fingerprint density at radius 1 is 1.44 bits per heavy atom. The van der Waals surface area contributed by atoms with E-state index in [1.165, 1.54) is 12.7 Å². The van der Waals surface area contributed by atoms with E-state index in [9.17, 15) is 14.7 Å². The summed E-state index contributed by atoms with van der Waals surface area (Å²) in [6, 6.07) is 0. The molecule has 25 heavy (non-hydrogen) atoms. The molecule has 1 amide bonds. The van der Waals surface area contributed by atoms with Crippen LogP contribution in [0.2, 0.25) is 0 Å². The number of imidazole rings is 1. The third kappa shape index (κ3) is 3.19. The van der Waals surface area contributed by atoms with Gasteiger partial charge in [-0.3, -0.25) is 0 Å². The van der Waals surface area contributed by atoms with Crippen LogP contribution in [0.15, 0.2) is 12.7 Å². The fourth-order valence-corrected chi connectivity index (χ4v) is 2.77. The molecule has 2 heterocycles. The van der Waals surface area contributed by atoms with E-state index >= 15 is 0 Å². The van der Waals surface area contributed by atoms with E-state index in [1.807, 2.05) is 0 Å². The third-order valence-electron chi connectivity index (χ3n) is 4.06. The SMILES string of the molecule is CC(C)(C)OC(=O)N[C@@]1(C(=O)O)C[C@H]1Cn1cnc2c(N)ncnc21. The minimum absolute atomic E-state index is 0.260. The van der Waals surface area contributed by atoms with Crippen molar-refractivity contribution in [3.8, 4) is 0 Å². The average molecular weight is 348 g/mol. The number of carboxylic acid groups (broad SMARTS) is 1.